The lowest BCUT2D eigenvalue weighted by molar-refractivity contribution is -0.120. The molecule has 27 nitrogen and oxygen atoms in total. The van der Waals surface area contributed by atoms with Crippen LogP contribution in [0.15, 0.2) is 152 Å². The summed E-state index contributed by atoms with van der Waals surface area (Å²) in [5, 5.41) is 5.81. The highest BCUT2D eigenvalue weighted by Gasteiger charge is 2.55. The van der Waals surface area contributed by atoms with Gasteiger partial charge in [0.1, 0.15) is 0 Å². The van der Waals surface area contributed by atoms with E-state index >= 15 is 0 Å². The fraction of sp³-hybridized carbons (Fsp3) is 0.500. The van der Waals surface area contributed by atoms with E-state index in [-0.39, 0.29) is 78.1 Å². The Morgan fingerprint density at radius 2 is 0.899 bits per heavy atom. The average Bonchev–Trinajstić information content (AvgIpc) is 1.59. The number of piperidine rings is 1. The molecule has 2 saturated heterocycles. The second-order valence-electron chi connectivity index (χ2n) is 30.5. The molecule has 5 fully saturated rings. The van der Waals surface area contributed by atoms with Gasteiger partial charge in [0.05, 0.1) is 71.7 Å². The predicted molar refractivity (Wildman–Crippen MR) is 423 cm³/mol. The van der Waals surface area contributed by atoms with Gasteiger partial charge in [-0.25, -0.2) is 46.8 Å². The van der Waals surface area contributed by atoms with Crippen LogP contribution in [0.25, 0.3) is 0 Å². The lowest BCUT2D eigenvalue weighted by Crippen LogP contribution is -2.49. The molecular formula is C76H95N15O12S6. The zero-order valence-corrected chi connectivity index (χ0v) is 67.4. The molecule has 109 heavy (non-hydrogen) atoms. The van der Waals surface area contributed by atoms with Gasteiger partial charge in [0.25, 0.3) is 30.1 Å². The highest BCUT2D eigenvalue weighted by Crippen LogP contribution is 2.54. The van der Waals surface area contributed by atoms with Gasteiger partial charge in [0.2, 0.25) is 11.8 Å². The van der Waals surface area contributed by atoms with E-state index in [4.69, 9.17) is 0 Å². The largest absolute Gasteiger partial charge is 0.354 e. The lowest BCUT2D eigenvalue weighted by Gasteiger charge is -2.39. The van der Waals surface area contributed by atoms with Crippen molar-refractivity contribution in [1.82, 2.24) is 48.9 Å². The van der Waals surface area contributed by atoms with Crippen molar-refractivity contribution in [3.05, 3.63) is 178 Å². The summed E-state index contributed by atoms with van der Waals surface area (Å²) in [6.07, 6.45) is 18.3. The summed E-state index contributed by atoms with van der Waals surface area (Å²) in [6.45, 7) is 18.4. The minimum absolute atomic E-state index is 0.0344. The molecular weight excluding hydrogens is 1510 g/mol. The van der Waals surface area contributed by atoms with Crippen molar-refractivity contribution in [2.45, 2.75) is 222 Å². The van der Waals surface area contributed by atoms with Crippen molar-refractivity contribution in [1.29, 1.82) is 0 Å². The molecule has 3 saturated carbocycles. The van der Waals surface area contributed by atoms with E-state index in [2.05, 4.69) is 105 Å². The quantitative estimate of drug-likeness (QED) is 0.0962. The Kier molecular flexibility index (Phi) is 24.7. The molecule has 5 aromatic heterocycles. The van der Waals surface area contributed by atoms with Gasteiger partial charge in [-0.2, -0.15) is 8.61 Å². The maximum atomic E-state index is 13.3. The Hall–Kier alpha value is -7.76. The van der Waals surface area contributed by atoms with Crippen molar-refractivity contribution in [2.75, 3.05) is 13.1 Å². The van der Waals surface area contributed by atoms with Crippen LogP contribution in [-0.4, -0.2) is 172 Å². The van der Waals surface area contributed by atoms with Crippen molar-refractivity contribution in [2.24, 2.45) is 35.8 Å². The van der Waals surface area contributed by atoms with E-state index in [9.17, 15) is 51.7 Å². The van der Waals surface area contributed by atoms with Crippen LogP contribution in [0.4, 0.5) is 0 Å². The minimum Gasteiger partial charge on any atom is -0.354 e. The summed E-state index contributed by atoms with van der Waals surface area (Å²) in [7, 11) is -17.6. The topological polar surface area (TPSA) is 374 Å². The Morgan fingerprint density at radius 3 is 1.33 bits per heavy atom. The van der Waals surface area contributed by atoms with Crippen LogP contribution in [0.2, 0.25) is 0 Å². The smallest absolute Gasteiger partial charge is 0.261 e. The molecule has 0 radical (unpaired) electrons. The molecule has 2 amide bonds. The van der Waals surface area contributed by atoms with Crippen LogP contribution >= 0.6 is 11.8 Å². The van der Waals surface area contributed by atoms with Gasteiger partial charge < -0.3 is 10.6 Å². The Labute approximate surface area is 644 Å². The normalized spacial score (nSPS) is 24.6. The van der Waals surface area contributed by atoms with Gasteiger partial charge >= 0.3 is 0 Å². The molecule has 10 aliphatic rings. The first-order chi connectivity index (χ1) is 51.7. The number of hydrogen-bond donors (Lipinski definition) is 3. The highest BCUT2D eigenvalue weighted by molar-refractivity contribution is 8.08. The second-order valence-corrected chi connectivity index (χ2v) is 41.6. The molecule has 16 rings (SSSR count). The number of nitrogens with zero attached hydrogens (tertiary/aromatic N) is 12. The van der Waals surface area contributed by atoms with Crippen LogP contribution < -0.4 is 15.4 Å². The number of thioether (sulfide) groups is 1. The average molecular weight is 1600 g/mol. The molecule has 3 N–H and O–H groups in total. The SMILES string of the molecule is CC(=O)N[C@@H]1CCC(S(=O)(=O)C2=NCc3ncccc32)C1.CC(=O)N[C@H]1CCC(S(=O)(=O)C2=NCc3ncccc32)C1.CC(CCNS(=O)(=O)C1=NCc2ncccc21)Sc1ccccc1.CC1(C)CC2C[C@](C)(CN2S(=O)(=O)C2=NCc3ncccc32)C1.C[C@@H]1CCC[C@H](C)N1S(=O)(=O)C1=NCc2ncccc21. The van der Waals surface area contributed by atoms with Gasteiger partial charge in [0.15, 0.2) is 44.9 Å². The molecule has 3 aliphatic carbocycles. The minimum atomic E-state index is -3.59. The van der Waals surface area contributed by atoms with E-state index < -0.39 is 60.2 Å². The summed E-state index contributed by atoms with van der Waals surface area (Å²) >= 11 is 1.74. The lowest BCUT2D eigenvalue weighted by atomic mass is 9.65. The molecule has 9 atom stereocenters. The number of aromatic nitrogens is 5. The van der Waals surface area contributed by atoms with Gasteiger partial charge in [-0.05, 0) is 175 Å². The Bertz CT molecular complexity index is 5070. The number of sulfone groups is 2. The number of fused-ring (bicyclic) bond motifs is 7. The summed E-state index contributed by atoms with van der Waals surface area (Å²) in [6, 6.07) is 27.8. The standard InChI is InChI=1S/C17H19N3O2S2.C17H23N3O2S.2C14H17N3O3S.C14H19N3O2S/c1-13(23-14-6-3-2-4-7-14)9-11-20-24(21,22)17-15-8-5-10-18-16(15)12-19-17;1-16(2)7-12-8-17(3,10-16)11-20(12)23(21,22)15-13-5-4-6-18-14(13)9-19-15;2*1-9(18)17-10-4-5-11(7-10)21(19,20)14-12-3-2-6-15-13(12)8-16-14;1-10-5-3-6-11(2)17(10)20(18,19)14-12-7-4-8-15-13(12)9-16-14/h2-8,10,13,20H,9,11-12H2,1H3;4-6,12H,7-11H2,1-3H3;2*2-3,6,10-11H,4-5,7-8H2,1H3,(H,17,18);4,7-8,10-11H,3,5-6,9H2,1-2H3/t;12?,17-;2*10-,11?;10-,11+/m.010./s1. The van der Waals surface area contributed by atoms with Crippen molar-refractivity contribution in [3.63, 3.8) is 0 Å². The monoisotopic (exact) mass is 1600 g/mol. The highest BCUT2D eigenvalue weighted by atomic mass is 32.2. The number of carbonyl (C=O) groups excluding carboxylic acids is 2. The van der Waals surface area contributed by atoms with Crippen LogP contribution in [-0.2, 0) is 92.1 Å². The first-order valence-corrected chi connectivity index (χ1v) is 45.3. The fourth-order valence-corrected chi connectivity index (χ4v) is 26.9. The molecule has 33 heteroatoms. The summed E-state index contributed by atoms with van der Waals surface area (Å²) in [4.78, 5) is 65.4. The van der Waals surface area contributed by atoms with Gasteiger partial charge in [0, 0.05) is 126 Å². The summed E-state index contributed by atoms with van der Waals surface area (Å²) in [5.41, 5.74) is 7.14. The Morgan fingerprint density at radius 1 is 0.505 bits per heavy atom. The van der Waals surface area contributed by atoms with Crippen LogP contribution in [0, 0.1) is 10.8 Å². The maximum Gasteiger partial charge on any atom is 0.261 e. The number of aliphatic imine (C=N–C) groups is 5. The number of rotatable bonds is 12. The molecule has 4 unspecified atom stereocenters. The molecule has 12 heterocycles. The number of amides is 2. The first-order valence-electron chi connectivity index (χ1n) is 37.0. The fourth-order valence-electron chi connectivity index (χ4n) is 16.7. The summed E-state index contributed by atoms with van der Waals surface area (Å²) < 4.78 is 134. The van der Waals surface area contributed by atoms with E-state index in [1.165, 1.54) is 18.7 Å². The van der Waals surface area contributed by atoms with Crippen LogP contribution in [0.5, 0.6) is 0 Å². The molecule has 6 aromatic rings. The van der Waals surface area contributed by atoms with Crippen molar-refractivity contribution < 1.29 is 51.7 Å². The van der Waals surface area contributed by atoms with E-state index in [1.807, 2.05) is 38.1 Å². The van der Waals surface area contributed by atoms with Crippen molar-refractivity contribution >= 4 is 98.5 Å². The first kappa shape index (κ1) is 80.7. The molecule has 7 aliphatic heterocycles. The zero-order chi connectivity index (χ0) is 77.8. The van der Waals surface area contributed by atoms with Gasteiger partial charge in [-0.15, -0.1) is 11.8 Å². The predicted octanol–water partition coefficient (Wildman–Crippen LogP) is 8.97. The molecule has 0 spiro atoms. The molecule has 582 valence electrons. The molecule has 2 bridgehead atoms. The number of benzene rings is 1. The summed E-state index contributed by atoms with van der Waals surface area (Å²) in [5.74, 6) is -0.239. The van der Waals surface area contributed by atoms with E-state index in [1.54, 1.807) is 106 Å². The molecule has 1 aromatic carbocycles. The number of pyridine rings is 5. The number of hydrogen-bond acceptors (Lipinski definition) is 23. The zero-order valence-electron chi connectivity index (χ0n) is 62.5. The van der Waals surface area contributed by atoms with E-state index in [0.29, 0.717) is 134 Å². The maximum absolute atomic E-state index is 13.3. The van der Waals surface area contributed by atoms with Gasteiger partial charge in [-0.1, -0.05) is 52.3 Å². The number of carbonyl (C=O) groups is 2. The Balaban J connectivity index is 0.000000127. The second kappa shape index (κ2) is 33.3. The van der Waals surface area contributed by atoms with Crippen LogP contribution in [0.1, 0.15) is 195 Å². The van der Waals surface area contributed by atoms with Gasteiger partial charge in [-0.3, -0.25) is 59.5 Å². The third kappa shape index (κ3) is 18.2. The third-order valence-electron chi connectivity index (χ3n) is 21.2. The number of sulfonamides is 3. The van der Waals surface area contributed by atoms with Crippen molar-refractivity contribution in [3.8, 4) is 0 Å². The third-order valence-corrected chi connectivity index (χ3v) is 32.2. The van der Waals surface area contributed by atoms with Crippen LogP contribution in [0.3, 0.4) is 0 Å². The van der Waals surface area contributed by atoms with E-state index in [0.717, 1.165) is 56.3 Å². The number of nitrogens with one attached hydrogen (secondary N) is 3.